The van der Waals surface area contributed by atoms with E-state index in [4.69, 9.17) is 4.74 Å². The molecule has 0 saturated heterocycles. The first-order chi connectivity index (χ1) is 14.6. The van der Waals surface area contributed by atoms with Gasteiger partial charge in [0.25, 0.3) is 5.91 Å². The van der Waals surface area contributed by atoms with Gasteiger partial charge in [-0.1, -0.05) is 41.7 Å². The summed E-state index contributed by atoms with van der Waals surface area (Å²) in [7, 11) is 3.52. The number of carbonyl (C=O) groups is 1. The van der Waals surface area contributed by atoms with Crippen molar-refractivity contribution in [1.29, 1.82) is 0 Å². The summed E-state index contributed by atoms with van der Waals surface area (Å²) in [5.41, 5.74) is 3.33. The highest BCUT2D eigenvalue weighted by Gasteiger charge is 2.16. The van der Waals surface area contributed by atoms with Gasteiger partial charge in [0.2, 0.25) is 0 Å². The second kappa shape index (κ2) is 8.47. The maximum absolute atomic E-state index is 13.2. The summed E-state index contributed by atoms with van der Waals surface area (Å²) in [6.45, 7) is 0. The number of halogens is 1. The summed E-state index contributed by atoms with van der Waals surface area (Å²) in [5, 5.41) is 0. The van der Waals surface area contributed by atoms with Crippen LogP contribution in [0.5, 0.6) is 5.75 Å². The van der Waals surface area contributed by atoms with Crippen LogP contribution in [0.25, 0.3) is 21.7 Å². The van der Waals surface area contributed by atoms with Gasteiger partial charge < -0.3 is 9.30 Å². The third-order valence-corrected chi connectivity index (χ3v) is 5.90. The Morgan fingerprint density at radius 3 is 2.23 bits per heavy atom. The van der Waals surface area contributed by atoms with E-state index in [0.29, 0.717) is 10.4 Å². The molecule has 0 spiro atoms. The van der Waals surface area contributed by atoms with Gasteiger partial charge in [0.05, 0.1) is 17.7 Å². The van der Waals surface area contributed by atoms with E-state index in [0.717, 1.165) is 27.4 Å². The quantitative estimate of drug-likeness (QED) is 0.451. The van der Waals surface area contributed by atoms with E-state index in [1.54, 1.807) is 7.11 Å². The number of ether oxygens (including phenoxy) is 1. The zero-order valence-corrected chi connectivity index (χ0v) is 17.3. The van der Waals surface area contributed by atoms with Crippen LogP contribution in [0.15, 0.2) is 83.9 Å². The molecule has 150 valence electrons. The molecule has 4 aromatic rings. The number of amides is 1. The molecule has 1 heterocycles. The fraction of sp³-hybridized carbons (Fsp3) is 0.0833. The van der Waals surface area contributed by atoms with Crippen LogP contribution in [-0.4, -0.2) is 17.6 Å². The van der Waals surface area contributed by atoms with Crippen molar-refractivity contribution in [2.24, 2.45) is 12.0 Å². The first-order valence-electron chi connectivity index (χ1n) is 9.31. The molecule has 0 radical (unpaired) electrons. The Balaban J connectivity index is 1.87. The third-order valence-electron chi connectivity index (χ3n) is 4.72. The van der Waals surface area contributed by atoms with Crippen LogP contribution in [0.4, 0.5) is 4.39 Å². The van der Waals surface area contributed by atoms with Crippen LogP contribution in [0.3, 0.4) is 0 Å². The lowest BCUT2D eigenvalue weighted by Crippen LogP contribution is -2.14. The smallest absolute Gasteiger partial charge is 0.279 e. The Morgan fingerprint density at radius 2 is 1.60 bits per heavy atom. The number of benzene rings is 3. The van der Waals surface area contributed by atoms with Gasteiger partial charge in [-0.3, -0.25) is 4.79 Å². The first kappa shape index (κ1) is 19.8. The van der Waals surface area contributed by atoms with Crippen molar-refractivity contribution < 1.29 is 13.9 Å². The van der Waals surface area contributed by atoms with E-state index in [2.05, 4.69) is 4.99 Å². The highest BCUT2D eigenvalue weighted by Crippen LogP contribution is 2.34. The van der Waals surface area contributed by atoms with Crippen LogP contribution in [0.1, 0.15) is 10.4 Å². The van der Waals surface area contributed by atoms with Crippen LogP contribution in [0.2, 0.25) is 0 Å². The highest BCUT2D eigenvalue weighted by molar-refractivity contribution is 7.13. The Morgan fingerprint density at radius 1 is 0.933 bits per heavy atom. The predicted molar refractivity (Wildman–Crippen MR) is 117 cm³/mol. The van der Waals surface area contributed by atoms with Crippen molar-refractivity contribution in [3.05, 3.63) is 95.0 Å². The summed E-state index contributed by atoms with van der Waals surface area (Å²) in [6, 6.07) is 23.2. The van der Waals surface area contributed by atoms with Gasteiger partial charge in [-0.2, -0.15) is 4.99 Å². The first-order valence-corrected chi connectivity index (χ1v) is 10.1. The molecule has 0 fully saturated rings. The van der Waals surface area contributed by atoms with E-state index >= 15 is 0 Å². The molecule has 0 atom stereocenters. The van der Waals surface area contributed by atoms with Gasteiger partial charge in [0.1, 0.15) is 11.6 Å². The molecule has 3 aromatic carbocycles. The molecule has 1 aromatic heterocycles. The SMILES string of the molecule is COc1ccc(-c2c(-c3ccccc3)sc(=NC(=O)c3ccc(F)cc3)n2C)cc1. The average Bonchev–Trinajstić information content (AvgIpc) is 3.10. The van der Waals surface area contributed by atoms with E-state index < -0.39 is 5.91 Å². The third kappa shape index (κ3) is 3.95. The highest BCUT2D eigenvalue weighted by atomic mass is 32.1. The molecule has 0 aliphatic heterocycles. The van der Waals surface area contributed by atoms with E-state index in [1.807, 2.05) is 66.2 Å². The Bertz CT molecular complexity index is 1240. The Labute approximate surface area is 177 Å². The lowest BCUT2D eigenvalue weighted by Gasteiger charge is -2.08. The normalized spacial score (nSPS) is 11.5. The predicted octanol–water partition coefficient (Wildman–Crippen LogP) is 5.31. The molecular weight excluding hydrogens is 399 g/mol. The minimum Gasteiger partial charge on any atom is -0.497 e. The number of aromatic nitrogens is 1. The Kier molecular flexibility index (Phi) is 5.59. The van der Waals surface area contributed by atoms with Gasteiger partial charge >= 0.3 is 0 Å². The molecule has 0 unspecified atom stereocenters. The Hall–Kier alpha value is -3.51. The van der Waals surface area contributed by atoms with E-state index in [1.165, 1.54) is 35.6 Å². The molecule has 0 N–H and O–H groups in total. The summed E-state index contributed by atoms with van der Waals surface area (Å²) >= 11 is 1.44. The minimum absolute atomic E-state index is 0.344. The van der Waals surface area contributed by atoms with Crippen LogP contribution in [-0.2, 0) is 7.05 Å². The van der Waals surface area contributed by atoms with Crippen LogP contribution < -0.4 is 9.54 Å². The topological polar surface area (TPSA) is 43.6 Å². The maximum atomic E-state index is 13.2. The largest absolute Gasteiger partial charge is 0.497 e. The summed E-state index contributed by atoms with van der Waals surface area (Å²) < 4.78 is 20.4. The van der Waals surface area contributed by atoms with E-state index in [-0.39, 0.29) is 5.82 Å². The van der Waals surface area contributed by atoms with Gasteiger partial charge in [-0.05, 0) is 59.7 Å². The van der Waals surface area contributed by atoms with Crippen LogP contribution >= 0.6 is 11.3 Å². The lowest BCUT2D eigenvalue weighted by molar-refractivity contribution is 0.0998. The van der Waals surface area contributed by atoms with Crippen molar-refractivity contribution in [2.75, 3.05) is 7.11 Å². The number of methoxy groups -OCH3 is 1. The fourth-order valence-corrected chi connectivity index (χ4v) is 4.30. The number of nitrogens with zero attached hydrogens (tertiary/aromatic N) is 2. The summed E-state index contributed by atoms with van der Waals surface area (Å²) in [5.74, 6) is -0.0246. The zero-order chi connectivity index (χ0) is 21.1. The van der Waals surface area contributed by atoms with Crippen molar-refractivity contribution in [3.63, 3.8) is 0 Å². The molecule has 0 saturated carbocycles. The number of rotatable bonds is 4. The van der Waals surface area contributed by atoms with Crippen molar-refractivity contribution in [1.82, 2.24) is 4.57 Å². The summed E-state index contributed by atoms with van der Waals surface area (Å²) in [4.78, 5) is 18.5. The van der Waals surface area contributed by atoms with Crippen molar-refractivity contribution in [2.45, 2.75) is 0 Å². The van der Waals surface area contributed by atoms with Gasteiger partial charge in [0, 0.05) is 12.6 Å². The molecule has 4 rings (SSSR count). The standard InChI is InChI=1S/C24H19FN2O2S/c1-27-21(16-10-14-20(29-2)15-11-16)22(17-6-4-3-5-7-17)30-24(27)26-23(28)18-8-12-19(25)13-9-18/h3-15H,1-2H3. The summed E-state index contributed by atoms with van der Waals surface area (Å²) in [6.07, 6.45) is 0. The molecule has 0 aliphatic carbocycles. The zero-order valence-electron chi connectivity index (χ0n) is 16.5. The van der Waals surface area contributed by atoms with Crippen molar-refractivity contribution in [3.8, 4) is 27.4 Å². The number of hydrogen-bond acceptors (Lipinski definition) is 3. The molecule has 0 bridgehead atoms. The monoisotopic (exact) mass is 418 g/mol. The molecule has 30 heavy (non-hydrogen) atoms. The second-order valence-electron chi connectivity index (χ2n) is 6.64. The fourth-order valence-electron chi connectivity index (χ4n) is 3.16. The van der Waals surface area contributed by atoms with Gasteiger partial charge in [0.15, 0.2) is 4.80 Å². The van der Waals surface area contributed by atoms with Gasteiger partial charge in [-0.25, -0.2) is 4.39 Å². The van der Waals surface area contributed by atoms with Crippen LogP contribution in [0, 0.1) is 5.82 Å². The minimum atomic E-state index is -0.409. The average molecular weight is 418 g/mol. The molecule has 1 amide bonds. The van der Waals surface area contributed by atoms with Gasteiger partial charge in [-0.15, -0.1) is 0 Å². The number of thiazole rings is 1. The molecular formula is C24H19FN2O2S. The lowest BCUT2D eigenvalue weighted by atomic mass is 10.1. The molecule has 4 nitrogen and oxygen atoms in total. The van der Waals surface area contributed by atoms with E-state index in [9.17, 15) is 9.18 Å². The number of carbonyl (C=O) groups excluding carboxylic acids is 1. The maximum Gasteiger partial charge on any atom is 0.279 e. The second-order valence-corrected chi connectivity index (χ2v) is 7.62. The van der Waals surface area contributed by atoms with Crippen molar-refractivity contribution >= 4 is 17.2 Å². The molecule has 0 aliphatic rings. The molecule has 6 heteroatoms. The number of hydrogen-bond donors (Lipinski definition) is 0.